The van der Waals surface area contributed by atoms with Crippen LogP contribution in [0.3, 0.4) is 0 Å². The molecule has 0 saturated carbocycles. The van der Waals surface area contributed by atoms with Gasteiger partial charge in [0.1, 0.15) is 5.82 Å². The third-order valence-electron chi connectivity index (χ3n) is 5.09. The van der Waals surface area contributed by atoms with E-state index in [1.807, 2.05) is 0 Å². The fourth-order valence-electron chi connectivity index (χ4n) is 3.48. The first kappa shape index (κ1) is 22.7. The molecule has 3 aromatic rings. The third kappa shape index (κ3) is 5.47. The molecule has 4 rings (SSSR count). The number of anilines is 2. The number of aromatic nitrogens is 2. The Bertz CT molecular complexity index is 1260. The van der Waals surface area contributed by atoms with E-state index in [4.69, 9.17) is 16.7 Å². The van der Waals surface area contributed by atoms with Gasteiger partial charge in [0, 0.05) is 21.8 Å². The number of benzene rings is 2. The molecule has 0 bridgehead atoms. The van der Waals surface area contributed by atoms with E-state index in [0.29, 0.717) is 27.2 Å². The molecule has 0 saturated heterocycles. The number of sulfonamides is 1. The van der Waals surface area contributed by atoms with Gasteiger partial charge in [-0.1, -0.05) is 29.4 Å². The molecule has 0 fully saturated rings. The van der Waals surface area contributed by atoms with Crippen LogP contribution in [0.2, 0.25) is 5.02 Å². The van der Waals surface area contributed by atoms with Crippen LogP contribution in [-0.2, 0) is 22.9 Å². The molecular weight excluding hydrogens is 468 g/mol. The molecule has 0 atom stereocenters. The Kier molecular flexibility index (Phi) is 6.80. The Balaban J connectivity index is 1.58. The summed E-state index contributed by atoms with van der Waals surface area (Å²) in [7, 11) is -3.81. The molecule has 3 N–H and O–H groups in total. The van der Waals surface area contributed by atoms with Crippen LogP contribution in [0.25, 0.3) is 0 Å². The predicted octanol–water partition coefficient (Wildman–Crippen LogP) is 4.37. The highest BCUT2D eigenvalue weighted by molar-refractivity contribution is 7.99. The predicted molar refractivity (Wildman–Crippen MR) is 126 cm³/mol. The number of hydrogen-bond acceptors (Lipinski definition) is 7. The Morgan fingerprint density at radius 1 is 1.09 bits per heavy atom. The zero-order chi connectivity index (χ0) is 22.7. The van der Waals surface area contributed by atoms with Gasteiger partial charge in [-0.25, -0.2) is 23.5 Å². The van der Waals surface area contributed by atoms with Crippen LogP contribution in [0.1, 0.15) is 34.5 Å². The van der Waals surface area contributed by atoms with E-state index >= 15 is 0 Å². The van der Waals surface area contributed by atoms with E-state index in [-0.39, 0.29) is 16.4 Å². The summed E-state index contributed by atoms with van der Waals surface area (Å²) in [6.07, 6.45) is 3.74. The fraction of sp³-hybridized carbons (Fsp3) is 0.227. The van der Waals surface area contributed by atoms with Gasteiger partial charge >= 0.3 is 0 Å². The van der Waals surface area contributed by atoms with E-state index in [1.54, 1.807) is 36.4 Å². The summed E-state index contributed by atoms with van der Waals surface area (Å²) in [4.78, 5) is 21.9. The Hall–Kier alpha value is -2.46. The van der Waals surface area contributed by atoms with E-state index in [2.05, 4.69) is 15.3 Å². The monoisotopic (exact) mass is 488 g/mol. The van der Waals surface area contributed by atoms with Crippen molar-refractivity contribution in [2.75, 3.05) is 11.1 Å². The minimum atomic E-state index is -3.81. The second-order valence-corrected chi connectivity index (χ2v) is 10.3. The molecule has 0 aliphatic heterocycles. The van der Waals surface area contributed by atoms with Gasteiger partial charge in [-0.2, -0.15) is 0 Å². The van der Waals surface area contributed by atoms with Crippen molar-refractivity contribution in [3.8, 4) is 0 Å². The minimum Gasteiger partial charge on any atom is -0.340 e. The molecule has 32 heavy (non-hydrogen) atoms. The molecule has 0 amide bonds. The number of fused-ring (bicyclic) bond motifs is 1. The fourth-order valence-corrected chi connectivity index (χ4v) is 4.92. The van der Waals surface area contributed by atoms with Crippen molar-refractivity contribution in [3.05, 3.63) is 70.4 Å². The second-order valence-electron chi connectivity index (χ2n) is 7.40. The first-order chi connectivity index (χ1) is 15.3. The number of nitrogens with one attached hydrogen (secondary N) is 1. The standard InChI is InChI=1S/C22H21ClN4O3S2/c23-15-10-8-14(9-11-15)20(28)13-31-22-26-19-7-2-1-6-18(19)21(27-22)25-16-4-3-5-17(12-16)32(24,29)30/h3-5,8-12H,1-2,6-7,13H2,(H2,24,29,30)(H,25,26,27). The molecule has 0 radical (unpaired) electrons. The molecular formula is C22H21ClN4O3S2. The summed E-state index contributed by atoms with van der Waals surface area (Å²) in [5.74, 6) is 0.784. The average Bonchev–Trinajstić information content (AvgIpc) is 2.77. The average molecular weight is 489 g/mol. The van der Waals surface area contributed by atoms with Crippen LogP contribution in [0.4, 0.5) is 11.5 Å². The molecule has 0 unspecified atom stereocenters. The highest BCUT2D eigenvalue weighted by Crippen LogP contribution is 2.30. The maximum atomic E-state index is 12.5. The van der Waals surface area contributed by atoms with E-state index in [0.717, 1.165) is 36.9 Å². The lowest BCUT2D eigenvalue weighted by atomic mass is 9.96. The van der Waals surface area contributed by atoms with E-state index < -0.39 is 10.0 Å². The topological polar surface area (TPSA) is 115 Å². The SMILES string of the molecule is NS(=O)(=O)c1cccc(Nc2nc(SCC(=O)c3ccc(Cl)cc3)nc3c2CCCC3)c1. The lowest BCUT2D eigenvalue weighted by Gasteiger charge is -2.20. The molecule has 1 heterocycles. The summed E-state index contributed by atoms with van der Waals surface area (Å²) in [6, 6.07) is 13.1. The molecule has 1 aromatic heterocycles. The summed E-state index contributed by atoms with van der Waals surface area (Å²) in [6.45, 7) is 0. The first-order valence-electron chi connectivity index (χ1n) is 10.0. The van der Waals surface area contributed by atoms with Crippen LogP contribution in [0.15, 0.2) is 58.6 Å². The van der Waals surface area contributed by atoms with Gasteiger partial charge in [-0.3, -0.25) is 4.79 Å². The van der Waals surface area contributed by atoms with Crippen LogP contribution < -0.4 is 10.5 Å². The van der Waals surface area contributed by atoms with Gasteiger partial charge in [0.25, 0.3) is 0 Å². The van der Waals surface area contributed by atoms with Crippen LogP contribution in [0, 0.1) is 0 Å². The number of carbonyl (C=O) groups is 1. The summed E-state index contributed by atoms with van der Waals surface area (Å²) >= 11 is 7.16. The molecule has 1 aliphatic carbocycles. The molecule has 10 heteroatoms. The highest BCUT2D eigenvalue weighted by atomic mass is 35.5. The van der Waals surface area contributed by atoms with Gasteiger partial charge in [0.05, 0.1) is 16.3 Å². The smallest absolute Gasteiger partial charge is 0.238 e. The largest absolute Gasteiger partial charge is 0.340 e. The van der Waals surface area contributed by atoms with Gasteiger partial charge < -0.3 is 5.32 Å². The molecule has 166 valence electrons. The maximum absolute atomic E-state index is 12.5. The molecule has 7 nitrogen and oxygen atoms in total. The van der Waals surface area contributed by atoms with Crippen molar-refractivity contribution in [2.24, 2.45) is 5.14 Å². The van der Waals surface area contributed by atoms with Crippen molar-refractivity contribution in [1.29, 1.82) is 0 Å². The van der Waals surface area contributed by atoms with Crippen molar-refractivity contribution in [2.45, 2.75) is 35.7 Å². The summed E-state index contributed by atoms with van der Waals surface area (Å²) in [5, 5.41) is 9.56. The second kappa shape index (κ2) is 9.58. The molecule has 0 spiro atoms. The normalized spacial score (nSPS) is 13.4. The zero-order valence-corrected chi connectivity index (χ0v) is 19.4. The van der Waals surface area contributed by atoms with Crippen LogP contribution >= 0.6 is 23.4 Å². The van der Waals surface area contributed by atoms with Crippen LogP contribution in [0.5, 0.6) is 0 Å². The number of nitrogens with zero attached hydrogens (tertiary/aromatic N) is 2. The lowest BCUT2D eigenvalue weighted by Crippen LogP contribution is -2.14. The molecule has 2 aromatic carbocycles. The maximum Gasteiger partial charge on any atom is 0.238 e. The number of hydrogen-bond donors (Lipinski definition) is 2. The summed E-state index contributed by atoms with van der Waals surface area (Å²) < 4.78 is 23.4. The molecule has 1 aliphatic rings. The van der Waals surface area contributed by atoms with Gasteiger partial charge in [-0.05, 0) is 68.1 Å². The Morgan fingerprint density at radius 2 is 1.84 bits per heavy atom. The number of nitrogens with two attached hydrogens (primary N) is 1. The lowest BCUT2D eigenvalue weighted by molar-refractivity contribution is 0.102. The Morgan fingerprint density at radius 3 is 2.59 bits per heavy atom. The Labute approximate surface area is 195 Å². The first-order valence-corrected chi connectivity index (χ1v) is 12.9. The van der Waals surface area contributed by atoms with Crippen molar-refractivity contribution in [1.82, 2.24) is 9.97 Å². The van der Waals surface area contributed by atoms with Gasteiger partial charge in [0.15, 0.2) is 10.9 Å². The van der Waals surface area contributed by atoms with Crippen molar-refractivity contribution >= 4 is 50.7 Å². The highest BCUT2D eigenvalue weighted by Gasteiger charge is 2.19. The van der Waals surface area contributed by atoms with E-state index in [9.17, 15) is 13.2 Å². The number of aryl methyl sites for hydroxylation is 1. The number of primary sulfonamides is 1. The van der Waals surface area contributed by atoms with Gasteiger partial charge in [-0.15, -0.1) is 0 Å². The number of rotatable bonds is 7. The summed E-state index contributed by atoms with van der Waals surface area (Å²) in [5.41, 5.74) is 3.12. The number of ketones is 1. The third-order valence-corrected chi connectivity index (χ3v) is 7.10. The number of Topliss-reactive ketones (excluding diaryl/α,β-unsaturated/α-hetero) is 1. The number of halogens is 1. The number of carbonyl (C=O) groups excluding carboxylic acids is 1. The number of thioether (sulfide) groups is 1. The van der Waals surface area contributed by atoms with E-state index in [1.165, 1.54) is 23.9 Å². The quantitative estimate of drug-likeness (QED) is 0.288. The van der Waals surface area contributed by atoms with Crippen LogP contribution in [-0.4, -0.2) is 29.9 Å². The van der Waals surface area contributed by atoms with Crippen molar-refractivity contribution in [3.63, 3.8) is 0 Å². The van der Waals surface area contributed by atoms with Crippen molar-refractivity contribution < 1.29 is 13.2 Å². The zero-order valence-electron chi connectivity index (χ0n) is 17.0. The van der Waals surface area contributed by atoms with Gasteiger partial charge in [0.2, 0.25) is 10.0 Å². The minimum absolute atomic E-state index is 0.0218.